The lowest BCUT2D eigenvalue weighted by Gasteiger charge is -2.31. The lowest BCUT2D eigenvalue weighted by atomic mass is 10.0. The summed E-state index contributed by atoms with van der Waals surface area (Å²) in [6.07, 6.45) is 1.06. The van der Waals surface area contributed by atoms with Gasteiger partial charge < -0.3 is 15.0 Å². The van der Waals surface area contributed by atoms with Crippen molar-refractivity contribution in [2.75, 3.05) is 13.2 Å². The summed E-state index contributed by atoms with van der Waals surface area (Å²) in [5, 5.41) is 2.90. The molecule has 3 aromatic carbocycles. The van der Waals surface area contributed by atoms with Crippen molar-refractivity contribution < 1.29 is 18.7 Å². The minimum atomic E-state index is -0.824. The molecule has 0 heterocycles. The molecule has 0 saturated heterocycles. The number of benzene rings is 3. The summed E-state index contributed by atoms with van der Waals surface area (Å²) in [5.41, 5.74) is 1.24. The summed E-state index contributed by atoms with van der Waals surface area (Å²) in [6.45, 7) is 2.12. The summed E-state index contributed by atoms with van der Waals surface area (Å²) < 4.78 is 21.1. The van der Waals surface area contributed by atoms with E-state index in [1.165, 1.54) is 11.0 Å². The van der Waals surface area contributed by atoms with Gasteiger partial charge in [0.25, 0.3) is 5.91 Å². The highest BCUT2D eigenvalue weighted by atomic mass is 79.9. The number of halogens is 2. The van der Waals surface area contributed by atoms with E-state index in [-0.39, 0.29) is 19.1 Å². The van der Waals surface area contributed by atoms with Crippen molar-refractivity contribution in [3.05, 3.63) is 100 Å². The Morgan fingerprint density at radius 2 is 1.68 bits per heavy atom. The van der Waals surface area contributed by atoms with Gasteiger partial charge in [0, 0.05) is 29.5 Å². The summed E-state index contributed by atoms with van der Waals surface area (Å²) in [7, 11) is 0. The van der Waals surface area contributed by atoms with Gasteiger partial charge in [-0.3, -0.25) is 9.59 Å². The molecule has 178 valence electrons. The van der Waals surface area contributed by atoms with Gasteiger partial charge in [-0.1, -0.05) is 71.4 Å². The normalized spacial score (nSPS) is 11.5. The first-order chi connectivity index (χ1) is 16.5. The Hall–Kier alpha value is -3.19. The molecule has 0 saturated carbocycles. The molecule has 1 N–H and O–H groups in total. The first-order valence-corrected chi connectivity index (χ1v) is 12.0. The van der Waals surface area contributed by atoms with Gasteiger partial charge in [-0.05, 0) is 42.3 Å². The molecule has 0 aliphatic heterocycles. The average Bonchev–Trinajstić information content (AvgIpc) is 2.85. The SMILES string of the molecule is CCCNC(=O)[C@@H](Cc1ccccc1)N(Cc1ccccc1F)C(=O)COc1ccc(Br)cc1. The molecule has 3 aromatic rings. The number of carbonyl (C=O) groups excluding carboxylic acids is 2. The van der Waals surface area contributed by atoms with Crippen molar-refractivity contribution in [2.24, 2.45) is 0 Å². The molecule has 0 radical (unpaired) electrons. The molecule has 0 bridgehead atoms. The number of amides is 2. The molecule has 0 spiro atoms. The molecule has 2 amide bonds. The minimum Gasteiger partial charge on any atom is -0.484 e. The van der Waals surface area contributed by atoms with Crippen molar-refractivity contribution in [1.29, 1.82) is 0 Å². The summed E-state index contributed by atoms with van der Waals surface area (Å²) in [6, 6.07) is 22.0. The molecule has 0 fully saturated rings. The zero-order valence-electron chi connectivity index (χ0n) is 19.0. The highest BCUT2D eigenvalue weighted by Gasteiger charge is 2.31. The molecule has 0 aliphatic carbocycles. The fourth-order valence-corrected chi connectivity index (χ4v) is 3.75. The van der Waals surface area contributed by atoms with Crippen LogP contribution in [0.1, 0.15) is 24.5 Å². The summed E-state index contributed by atoms with van der Waals surface area (Å²) in [4.78, 5) is 28.0. The molecule has 7 heteroatoms. The quantitative estimate of drug-likeness (QED) is 0.376. The van der Waals surface area contributed by atoms with Crippen LogP contribution in [0.3, 0.4) is 0 Å². The standard InChI is InChI=1S/C27H28BrFN2O3/c1-2-16-30-27(33)25(17-20-8-4-3-5-9-20)31(18-21-10-6-7-11-24(21)29)26(32)19-34-23-14-12-22(28)13-15-23/h3-15,25H,2,16-19H2,1H3,(H,30,33)/t25-/m1/s1. The molecule has 3 rings (SSSR count). The van der Waals surface area contributed by atoms with Gasteiger partial charge in [0.2, 0.25) is 5.91 Å². The molecule has 34 heavy (non-hydrogen) atoms. The van der Waals surface area contributed by atoms with Crippen LogP contribution in [0.25, 0.3) is 0 Å². The molecular formula is C27H28BrFN2O3. The summed E-state index contributed by atoms with van der Waals surface area (Å²) in [5.74, 6) is -0.586. The number of hydrogen-bond acceptors (Lipinski definition) is 3. The second-order valence-corrected chi connectivity index (χ2v) is 8.77. The van der Waals surface area contributed by atoms with Crippen LogP contribution in [-0.4, -0.2) is 35.9 Å². The van der Waals surface area contributed by atoms with Crippen molar-refractivity contribution in [3.8, 4) is 5.75 Å². The van der Waals surface area contributed by atoms with E-state index in [4.69, 9.17) is 4.74 Å². The maximum absolute atomic E-state index is 14.5. The lowest BCUT2D eigenvalue weighted by Crippen LogP contribution is -2.51. The fraction of sp³-hybridized carbons (Fsp3) is 0.259. The van der Waals surface area contributed by atoms with Crippen LogP contribution in [0.15, 0.2) is 83.3 Å². The third-order valence-electron chi connectivity index (χ3n) is 5.29. The highest BCUT2D eigenvalue weighted by Crippen LogP contribution is 2.19. The first-order valence-electron chi connectivity index (χ1n) is 11.2. The fourth-order valence-electron chi connectivity index (χ4n) is 3.49. The lowest BCUT2D eigenvalue weighted by molar-refractivity contribution is -0.142. The molecule has 1 atom stereocenters. The van der Waals surface area contributed by atoms with E-state index in [2.05, 4.69) is 21.2 Å². The topological polar surface area (TPSA) is 58.6 Å². The molecule has 5 nitrogen and oxygen atoms in total. The van der Waals surface area contributed by atoms with E-state index >= 15 is 0 Å². The zero-order valence-corrected chi connectivity index (χ0v) is 20.6. The van der Waals surface area contributed by atoms with E-state index in [0.29, 0.717) is 24.3 Å². The number of rotatable bonds is 11. The van der Waals surface area contributed by atoms with Crippen LogP contribution in [0, 0.1) is 5.82 Å². The van der Waals surface area contributed by atoms with E-state index < -0.39 is 17.8 Å². The summed E-state index contributed by atoms with van der Waals surface area (Å²) >= 11 is 3.37. The number of ether oxygens (including phenoxy) is 1. The van der Waals surface area contributed by atoms with E-state index in [1.807, 2.05) is 49.4 Å². The Balaban J connectivity index is 1.89. The maximum atomic E-state index is 14.5. The Labute approximate surface area is 208 Å². The zero-order chi connectivity index (χ0) is 24.3. The van der Waals surface area contributed by atoms with Gasteiger partial charge in [-0.25, -0.2) is 4.39 Å². The smallest absolute Gasteiger partial charge is 0.261 e. The van der Waals surface area contributed by atoms with Crippen molar-refractivity contribution >= 4 is 27.7 Å². The molecule has 0 unspecified atom stereocenters. The van der Waals surface area contributed by atoms with Crippen LogP contribution in [-0.2, 0) is 22.6 Å². The number of nitrogens with one attached hydrogen (secondary N) is 1. The van der Waals surface area contributed by atoms with Crippen molar-refractivity contribution in [3.63, 3.8) is 0 Å². The van der Waals surface area contributed by atoms with E-state index in [1.54, 1.807) is 30.3 Å². The average molecular weight is 527 g/mol. The Kier molecular flexibility index (Phi) is 9.64. The molecular weight excluding hydrogens is 499 g/mol. The second-order valence-electron chi connectivity index (χ2n) is 7.85. The van der Waals surface area contributed by atoms with Crippen molar-refractivity contribution in [1.82, 2.24) is 10.2 Å². The maximum Gasteiger partial charge on any atom is 0.261 e. The van der Waals surface area contributed by atoms with Gasteiger partial charge in [-0.15, -0.1) is 0 Å². The molecule has 0 aromatic heterocycles. The highest BCUT2D eigenvalue weighted by molar-refractivity contribution is 9.10. The van der Waals surface area contributed by atoms with Gasteiger partial charge in [-0.2, -0.15) is 0 Å². The third-order valence-corrected chi connectivity index (χ3v) is 5.82. The predicted octanol–water partition coefficient (Wildman–Crippen LogP) is 5.13. The predicted molar refractivity (Wildman–Crippen MR) is 134 cm³/mol. The van der Waals surface area contributed by atoms with Gasteiger partial charge in [0.05, 0.1) is 0 Å². The number of nitrogens with zero attached hydrogens (tertiary/aromatic N) is 1. The Morgan fingerprint density at radius 1 is 1.00 bits per heavy atom. The first kappa shape index (κ1) is 25.4. The van der Waals surface area contributed by atoms with Crippen LogP contribution in [0.2, 0.25) is 0 Å². The Bertz CT molecular complexity index is 1080. The minimum absolute atomic E-state index is 0.0494. The van der Waals surface area contributed by atoms with Gasteiger partial charge in [0.15, 0.2) is 6.61 Å². The second kappa shape index (κ2) is 12.9. The van der Waals surface area contributed by atoms with Crippen LogP contribution in [0.5, 0.6) is 5.75 Å². The molecule has 0 aliphatic rings. The van der Waals surface area contributed by atoms with E-state index in [0.717, 1.165) is 16.5 Å². The third kappa shape index (κ3) is 7.42. The van der Waals surface area contributed by atoms with Gasteiger partial charge in [0.1, 0.15) is 17.6 Å². The largest absolute Gasteiger partial charge is 0.484 e. The van der Waals surface area contributed by atoms with Crippen molar-refractivity contribution in [2.45, 2.75) is 32.4 Å². The number of hydrogen-bond donors (Lipinski definition) is 1. The van der Waals surface area contributed by atoms with Crippen LogP contribution in [0.4, 0.5) is 4.39 Å². The number of carbonyl (C=O) groups is 2. The van der Waals surface area contributed by atoms with Crippen LogP contribution >= 0.6 is 15.9 Å². The monoisotopic (exact) mass is 526 g/mol. The Morgan fingerprint density at radius 3 is 2.35 bits per heavy atom. The van der Waals surface area contributed by atoms with Gasteiger partial charge >= 0.3 is 0 Å². The van der Waals surface area contributed by atoms with E-state index in [9.17, 15) is 14.0 Å². The van der Waals surface area contributed by atoms with Crippen LogP contribution < -0.4 is 10.1 Å².